The standard InChI is InChI=1S/C22H24N4O5S/c1-15-16(22(28)26-10-12-31-13-11-26)7-5-8-18(15)23-20(27)14-25(2)21-17-6-3-4-9-19(17)32(29,30)24-21/h3-9H,10-14H2,1-2H3,(H,23,27). The van der Waals surface area contributed by atoms with Crippen LogP contribution in [0.25, 0.3) is 0 Å². The topological polar surface area (TPSA) is 108 Å². The molecular formula is C22H24N4O5S. The second kappa shape index (κ2) is 8.71. The summed E-state index contributed by atoms with van der Waals surface area (Å²) in [5.41, 5.74) is 2.20. The van der Waals surface area contributed by atoms with Gasteiger partial charge in [-0.2, -0.15) is 8.42 Å². The highest BCUT2D eigenvalue weighted by atomic mass is 32.2. The van der Waals surface area contributed by atoms with Gasteiger partial charge in [-0.1, -0.05) is 18.2 Å². The minimum atomic E-state index is -3.76. The number of amides is 2. The van der Waals surface area contributed by atoms with Crippen LogP contribution >= 0.6 is 0 Å². The van der Waals surface area contributed by atoms with Crippen molar-refractivity contribution in [2.45, 2.75) is 11.8 Å². The number of ether oxygens (including phenoxy) is 1. The molecule has 0 radical (unpaired) electrons. The monoisotopic (exact) mass is 456 g/mol. The molecule has 168 valence electrons. The van der Waals surface area contributed by atoms with Gasteiger partial charge in [0.2, 0.25) is 5.91 Å². The molecule has 0 bridgehead atoms. The third-order valence-electron chi connectivity index (χ3n) is 5.49. The second-order valence-corrected chi connectivity index (χ2v) is 9.25. The Morgan fingerprint density at radius 2 is 1.84 bits per heavy atom. The average molecular weight is 457 g/mol. The zero-order chi connectivity index (χ0) is 22.9. The maximum atomic E-state index is 12.9. The number of sulfonamides is 1. The largest absolute Gasteiger partial charge is 0.378 e. The highest BCUT2D eigenvalue weighted by Gasteiger charge is 2.31. The fourth-order valence-electron chi connectivity index (χ4n) is 3.78. The Bertz CT molecular complexity index is 1200. The first kappa shape index (κ1) is 22.0. The highest BCUT2D eigenvalue weighted by Crippen LogP contribution is 2.27. The first-order valence-electron chi connectivity index (χ1n) is 10.2. The van der Waals surface area contributed by atoms with Gasteiger partial charge in [0.05, 0.1) is 19.8 Å². The van der Waals surface area contributed by atoms with Gasteiger partial charge in [-0.05, 0) is 36.8 Å². The van der Waals surface area contributed by atoms with Gasteiger partial charge in [-0.3, -0.25) is 9.59 Å². The lowest BCUT2D eigenvalue weighted by molar-refractivity contribution is -0.116. The number of anilines is 1. The minimum Gasteiger partial charge on any atom is -0.378 e. The number of hydrogen-bond acceptors (Lipinski definition) is 6. The summed E-state index contributed by atoms with van der Waals surface area (Å²) in [5.74, 6) is -0.221. The number of nitrogens with one attached hydrogen (secondary N) is 1. The van der Waals surface area contributed by atoms with Crippen molar-refractivity contribution in [2.75, 3.05) is 45.2 Å². The van der Waals surface area contributed by atoms with E-state index < -0.39 is 10.0 Å². The lowest BCUT2D eigenvalue weighted by Crippen LogP contribution is -2.41. The molecule has 2 aromatic rings. The fraction of sp³-hybridized carbons (Fsp3) is 0.318. The number of fused-ring (bicyclic) bond motifs is 1. The summed E-state index contributed by atoms with van der Waals surface area (Å²) in [6.07, 6.45) is 0. The first-order chi connectivity index (χ1) is 15.3. The maximum absolute atomic E-state index is 12.9. The molecule has 0 aliphatic carbocycles. The number of carbonyl (C=O) groups excluding carboxylic acids is 2. The number of likely N-dealkylation sites (N-methyl/N-ethyl adjacent to an activating group) is 1. The van der Waals surface area contributed by atoms with E-state index in [0.29, 0.717) is 48.7 Å². The molecular weight excluding hydrogens is 432 g/mol. The molecule has 2 aliphatic rings. The van der Waals surface area contributed by atoms with Crippen LogP contribution in [-0.2, 0) is 19.6 Å². The molecule has 32 heavy (non-hydrogen) atoms. The van der Waals surface area contributed by atoms with Crippen LogP contribution in [0.3, 0.4) is 0 Å². The quantitative estimate of drug-likeness (QED) is 0.747. The minimum absolute atomic E-state index is 0.0962. The molecule has 0 atom stereocenters. The van der Waals surface area contributed by atoms with Crippen LogP contribution in [0.15, 0.2) is 51.8 Å². The third-order valence-corrected chi connectivity index (χ3v) is 6.82. The smallest absolute Gasteiger partial charge is 0.285 e. The predicted molar refractivity (Wildman–Crippen MR) is 119 cm³/mol. The SMILES string of the molecule is Cc1c(NC(=O)CN(C)C2=NS(=O)(=O)c3ccccc32)cccc1C(=O)N1CCOCC1. The Labute approximate surface area is 186 Å². The Morgan fingerprint density at radius 1 is 1.12 bits per heavy atom. The van der Waals surface area contributed by atoms with E-state index in [1.165, 1.54) is 11.0 Å². The molecule has 0 spiro atoms. The van der Waals surface area contributed by atoms with E-state index in [1.54, 1.807) is 55.3 Å². The van der Waals surface area contributed by atoms with E-state index in [9.17, 15) is 18.0 Å². The van der Waals surface area contributed by atoms with Crippen LogP contribution in [0.4, 0.5) is 5.69 Å². The van der Waals surface area contributed by atoms with Gasteiger partial charge in [0.15, 0.2) is 5.84 Å². The summed E-state index contributed by atoms with van der Waals surface area (Å²) in [4.78, 5) is 28.9. The summed E-state index contributed by atoms with van der Waals surface area (Å²) in [7, 11) is -2.15. The molecule has 4 rings (SSSR count). The highest BCUT2D eigenvalue weighted by molar-refractivity contribution is 7.90. The Kier molecular flexibility index (Phi) is 5.98. The van der Waals surface area contributed by atoms with E-state index in [-0.39, 0.29) is 29.1 Å². The molecule has 0 unspecified atom stereocenters. The zero-order valence-corrected chi connectivity index (χ0v) is 18.7. The molecule has 0 saturated carbocycles. The van der Waals surface area contributed by atoms with Gasteiger partial charge in [0.25, 0.3) is 15.9 Å². The third kappa shape index (κ3) is 4.23. The lowest BCUT2D eigenvalue weighted by Gasteiger charge is -2.27. The van der Waals surface area contributed by atoms with E-state index in [0.717, 1.165) is 0 Å². The average Bonchev–Trinajstić information content (AvgIpc) is 3.06. The molecule has 1 N–H and O–H groups in total. The number of amidine groups is 1. The van der Waals surface area contributed by atoms with Gasteiger partial charge in [-0.25, -0.2) is 0 Å². The van der Waals surface area contributed by atoms with Crippen molar-refractivity contribution < 1.29 is 22.7 Å². The van der Waals surface area contributed by atoms with Crippen molar-refractivity contribution in [3.05, 3.63) is 59.2 Å². The lowest BCUT2D eigenvalue weighted by atomic mass is 10.0. The second-order valence-electron chi connectivity index (χ2n) is 7.67. The number of morpholine rings is 1. The van der Waals surface area contributed by atoms with Crippen LogP contribution < -0.4 is 5.32 Å². The van der Waals surface area contributed by atoms with Crippen molar-refractivity contribution >= 4 is 33.4 Å². The maximum Gasteiger partial charge on any atom is 0.285 e. The molecule has 2 aliphatic heterocycles. The molecule has 9 nitrogen and oxygen atoms in total. The summed E-state index contributed by atoms with van der Waals surface area (Å²) < 4.78 is 33.7. The molecule has 10 heteroatoms. The number of carbonyl (C=O) groups is 2. The van der Waals surface area contributed by atoms with Gasteiger partial charge in [-0.15, -0.1) is 4.40 Å². The van der Waals surface area contributed by atoms with E-state index in [2.05, 4.69) is 9.71 Å². The number of nitrogens with zero attached hydrogens (tertiary/aromatic N) is 3. The van der Waals surface area contributed by atoms with E-state index in [1.807, 2.05) is 0 Å². The van der Waals surface area contributed by atoms with Crippen LogP contribution in [0.2, 0.25) is 0 Å². The molecule has 2 heterocycles. The van der Waals surface area contributed by atoms with Crippen molar-refractivity contribution in [2.24, 2.45) is 4.40 Å². The molecule has 0 aromatic heterocycles. The van der Waals surface area contributed by atoms with Crippen molar-refractivity contribution in [1.29, 1.82) is 0 Å². The van der Waals surface area contributed by atoms with Gasteiger partial charge < -0.3 is 19.9 Å². The first-order valence-corrected chi connectivity index (χ1v) is 11.6. The summed E-state index contributed by atoms with van der Waals surface area (Å²) >= 11 is 0. The van der Waals surface area contributed by atoms with Crippen LogP contribution in [0.5, 0.6) is 0 Å². The van der Waals surface area contributed by atoms with Gasteiger partial charge >= 0.3 is 0 Å². The Balaban J connectivity index is 1.47. The number of benzene rings is 2. The van der Waals surface area contributed by atoms with Gasteiger partial charge in [0.1, 0.15) is 4.90 Å². The van der Waals surface area contributed by atoms with E-state index >= 15 is 0 Å². The zero-order valence-electron chi connectivity index (χ0n) is 17.9. The molecule has 1 saturated heterocycles. The van der Waals surface area contributed by atoms with Crippen LogP contribution in [0.1, 0.15) is 21.5 Å². The van der Waals surface area contributed by atoms with Crippen molar-refractivity contribution in [3.63, 3.8) is 0 Å². The van der Waals surface area contributed by atoms with Crippen molar-refractivity contribution in [1.82, 2.24) is 9.80 Å². The summed E-state index contributed by atoms with van der Waals surface area (Å²) in [6, 6.07) is 11.7. The Morgan fingerprint density at radius 3 is 2.59 bits per heavy atom. The van der Waals surface area contributed by atoms with Crippen LogP contribution in [0, 0.1) is 6.92 Å². The predicted octanol–water partition coefficient (Wildman–Crippen LogP) is 1.49. The Hall–Kier alpha value is -3.24. The summed E-state index contributed by atoms with van der Waals surface area (Å²) in [6.45, 7) is 3.77. The number of hydrogen-bond donors (Lipinski definition) is 1. The van der Waals surface area contributed by atoms with E-state index in [4.69, 9.17) is 4.74 Å². The van der Waals surface area contributed by atoms with Gasteiger partial charge in [0, 0.05) is 37.0 Å². The summed E-state index contributed by atoms with van der Waals surface area (Å²) in [5, 5.41) is 2.83. The van der Waals surface area contributed by atoms with Crippen LogP contribution in [-0.4, -0.2) is 75.8 Å². The fourth-order valence-corrected chi connectivity index (χ4v) is 5.03. The molecule has 2 amide bonds. The number of rotatable bonds is 4. The molecule has 2 aromatic carbocycles. The van der Waals surface area contributed by atoms with Crippen molar-refractivity contribution in [3.8, 4) is 0 Å². The molecule has 1 fully saturated rings. The normalized spacial score (nSPS) is 16.8.